The van der Waals surface area contributed by atoms with Gasteiger partial charge in [-0.3, -0.25) is 10.1 Å². The van der Waals surface area contributed by atoms with Gasteiger partial charge in [0.25, 0.3) is 5.69 Å². The molecule has 0 saturated heterocycles. The number of rotatable bonds is 9. The van der Waals surface area contributed by atoms with Gasteiger partial charge in [-0.15, -0.1) is 35.3 Å². The fraction of sp³-hybridized carbons (Fsp3) is 0.0800. The third kappa shape index (κ3) is 7.36. The highest BCUT2D eigenvalue weighted by molar-refractivity contribution is 9.10. The summed E-state index contributed by atoms with van der Waals surface area (Å²) in [5, 5.41) is 11.6. The maximum atomic E-state index is 10.8. The van der Waals surface area contributed by atoms with E-state index in [1.54, 1.807) is 17.8 Å². The van der Waals surface area contributed by atoms with Gasteiger partial charge in [-0.25, -0.2) is 4.98 Å². The fourth-order valence-corrected chi connectivity index (χ4v) is 6.78. The SMILES string of the molecule is O=[N+]([O-])c1ccc(SCc2ccc(C(Sc3ccc(Br)cc3)Sc3ccc(Br)cc3)cc2)nc1. The Morgan fingerprint density at radius 3 is 1.82 bits per heavy atom. The average molecular weight is 634 g/mol. The Labute approximate surface area is 227 Å². The van der Waals surface area contributed by atoms with E-state index in [2.05, 4.69) is 110 Å². The third-order valence-corrected chi connectivity index (χ3v) is 9.39. The van der Waals surface area contributed by atoms with E-state index in [4.69, 9.17) is 0 Å². The van der Waals surface area contributed by atoms with Crippen molar-refractivity contribution >= 4 is 72.8 Å². The van der Waals surface area contributed by atoms with Crippen LogP contribution >= 0.6 is 67.1 Å². The molecule has 0 N–H and O–H groups in total. The van der Waals surface area contributed by atoms with E-state index in [9.17, 15) is 10.1 Å². The molecule has 4 rings (SSSR count). The minimum Gasteiger partial charge on any atom is -0.258 e. The molecule has 0 saturated carbocycles. The zero-order valence-corrected chi connectivity index (χ0v) is 23.3. The maximum absolute atomic E-state index is 10.8. The maximum Gasteiger partial charge on any atom is 0.287 e. The lowest BCUT2D eigenvalue weighted by molar-refractivity contribution is -0.385. The number of benzene rings is 3. The molecule has 0 bridgehead atoms. The molecule has 3 aromatic carbocycles. The second-order valence-electron chi connectivity index (χ2n) is 7.12. The zero-order valence-electron chi connectivity index (χ0n) is 17.6. The van der Waals surface area contributed by atoms with E-state index in [0.29, 0.717) is 0 Å². The first-order chi connectivity index (χ1) is 16.5. The monoisotopic (exact) mass is 632 g/mol. The molecular formula is C25H18Br2N2O2S3. The normalized spacial score (nSPS) is 11.0. The fourth-order valence-electron chi connectivity index (χ4n) is 2.93. The van der Waals surface area contributed by atoms with E-state index in [0.717, 1.165) is 19.7 Å². The molecule has 172 valence electrons. The van der Waals surface area contributed by atoms with Gasteiger partial charge >= 0.3 is 0 Å². The lowest BCUT2D eigenvalue weighted by atomic mass is 10.2. The molecule has 1 heterocycles. The van der Waals surface area contributed by atoms with Crippen molar-refractivity contribution in [2.24, 2.45) is 0 Å². The van der Waals surface area contributed by atoms with E-state index >= 15 is 0 Å². The van der Waals surface area contributed by atoms with Crippen molar-refractivity contribution in [1.29, 1.82) is 0 Å². The van der Waals surface area contributed by atoms with E-state index < -0.39 is 4.92 Å². The predicted molar refractivity (Wildman–Crippen MR) is 150 cm³/mol. The summed E-state index contributed by atoms with van der Waals surface area (Å²) in [5.41, 5.74) is 2.42. The number of nitrogens with zero attached hydrogens (tertiary/aromatic N) is 2. The van der Waals surface area contributed by atoms with Crippen LogP contribution < -0.4 is 0 Å². The highest BCUT2D eigenvalue weighted by atomic mass is 79.9. The Bertz CT molecular complexity index is 1190. The second kappa shape index (κ2) is 12.3. The number of hydrogen-bond acceptors (Lipinski definition) is 6. The van der Waals surface area contributed by atoms with Crippen LogP contribution in [0.5, 0.6) is 0 Å². The number of hydrogen-bond donors (Lipinski definition) is 0. The lowest BCUT2D eigenvalue weighted by Gasteiger charge is -2.18. The molecule has 0 aliphatic heterocycles. The van der Waals surface area contributed by atoms with Gasteiger partial charge in [0, 0.05) is 30.6 Å². The van der Waals surface area contributed by atoms with Crippen LogP contribution in [0.25, 0.3) is 0 Å². The molecule has 9 heteroatoms. The van der Waals surface area contributed by atoms with Crippen LogP contribution in [0.2, 0.25) is 0 Å². The first-order valence-corrected chi connectivity index (χ1v) is 14.5. The highest BCUT2D eigenvalue weighted by Gasteiger charge is 2.16. The number of nitro groups is 1. The van der Waals surface area contributed by atoms with Gasteiger partial charge in [-0.1, -0.05) is 56.1 Å². The van der Waals surface area contributed by atoms with Crippen LogP contribution in [0.15, 0.2) is 115 Å². The quantitative estimate of drug-likeness (QED) is 0.0792. The molecule has 0 aliphatic rings. The van der Waals surface area contributed by atoms with Gasteiger partial charge in [-0.05, 0) is 65.7 Å². The molecular weight excluding hydrogens is 616 g/mol. The third-order valence-electron chi connectivity index (χ3n) is 4.68. The molecule has 4 nitrogen and oxygen atoms in total. The number of halogens is 2. The van der Waals surface area contributed by atoms with Crippen LogP contribution in [-0.4, -0.2) is 9.91 Å². The summed E-state index contributed by atoms with van der Waals surface area (Å²) in [5.74, 6) is 0.746. The molecule has 0 fully saturated rings. The number of thioether (sulfide) groups is 3. The standard InChI is InChI=1S/C25H18Br2N2O2S3/c26-19-5-10-22(11-6-19)33-25(34-23-12-7-20(27)8-13-23)18-3-1-17(2-4-18)16-32-24-14-9-21(15-28-24)29(30)31/h1-15,25H,16H2. The van der Waals surface area contributed by atoms with E-state index in [1.165, 1.54) is 33.2 Å². The molecule has 1 aromatic heterocycles. The Morgan fingerprint density at radius 2 is 1.35 bits per heavy atom. The van der Waals surface area contributed by atoms with Gasteiger partial charge < -0.3 is 0 Å². The van der Waals surface area contributed by atoms with Crippen molar-refractivity contribution in [3.05, 3.63) is 121 Å². The predicted octanol–water partition coefficient (Wildman–Crippen LogP) is 9.39. The van der Waals surface area contributed by atoms with Crippen LogP contribution in [0.3, 0.4) is 0 Å². The summed E-state index contributed by atoms with van der Waals surface area (Å²) in [7, 11) is 0. The van der Waals surface area contributed by atoms with Crippen LogP contribution in [0.1, 0.15) is 15.7 Å². The highest BCUT2D eigenvalue weighted by Crippen LogP contribution is 2.47. The molecule has 0 unspecified atom stereocenters. The smallest absolute Gasteiger partial charge is 0.258 e. The molecule has 0 atom stereocenters. The molecule has 0 spiro atoms. The minimum absolute atomic E-state index is 0.00583. The summed E-state index contributed by atoms with van der Waals surface area (Å²) in [6.45, 7) is 0. The lowest BCUT2D eigenvalue weighted by Crippen LogP contribution is -1.92. The zero-order chi connectivity index (χ0) is 23.9. The Morgan fingerprint density at radius 1 is 0.794 bits per heavy atom. The Hall–Kier alpha value is -1.78. The summed E-state index contributed by atoms with van der Waals surface area (Å²) < 4.78 is 2.33. The topological polar surface area (TPSA) is 56.0 Å². The summed E-state index contributed by atoms with van der Waals surface area (Å²) >= 11 is 12.2. The summed E-state index contributed by atoms with van der Waals surface area (Å²) in [4.78, 5) is 16.9. The minimum atomic E-state index is -0.435. The number of aromatic nitrogens is 1. The molecule has 0 aliphatic carbocycles. The van der Waals surface area contributed by atoms with Crippen molar-refractivity contribution < 1.29 is 4.92 Å². The van der Waals surface area contributed by atoms with Crippen molar-refractivity contribution in [2.75, 3.05) is 0 Å². The Balaban J connectivity index is 1.47. The van der Waals surface area contributed by atoms with Gasteiger partial charge in [0.2, 0.25) is 0 Å². The first-order valence-electron chi connectivity index (χ1n) is 10.1. The van der Waals surface area contributed by atoms with Gasteiger partial charge in [0.05, 0.1) is 14.5 Å². The van der Waals surface area contributed by atoms with E-state index in [-0.39, 0.29) is 10.3 Å². The van der Waals surface area contributed by atoms with Crippen molar-refractivity contribution in [3.8, 4) is 0 Å². The van der Waals surface area contributed by atoms with Crippen LogP contribution in [-0.2, 0) is 5.75 Å². The Kier molecular flexibility index (Phi) is 9.13. The molecule has 4 aromatic rings. The van der Waals surface area contributed by atoms with Crippen molar-refractivity contribution in [1.82, 2.24) is 4.98 Å². The van der Waals surface area contributed by atoms with Crippen molar-refractivity contribution in [2.45, 2.75) is 25.2 Å². The average Bonchev–Trinajstić information content (AvgIpc) is 2.85. The van der Waals surface area contributed by atoms with Crippen LogP contribution in [0.4, 0.5) is 5.69 Å². The largest absolute Gasteiger partial charge is 0.287 e. The molecule has 0 radical (unpaired) electrons. The molecule has 34 heavy (non-hydrogen) atoms. The number of pyridine rings is 1. The summed E-state index contributed by atoms with van der Waals surface area (Å²) in [6.07, 6.45) is 1.30. The van der Waals surface area contributed by atoms with Crippen LogP contribution in [0, 0.1) is 10.1 Å². The van der Waals surface area contributed by atoms with Crippen molar-refractivity contribution in [3.63, 3.8) is 0 Å². The second-order valence-corrected chi connectivity index (χ2v) is 12.6. The first kappa shape index (κ1) is 25.3. The van der Waals surface area contributed by atoms with E-state index in [1.807, 2.05) is 23.5 Å². The summed E-state index contributed by atoms with van der Waals surface area (Å²) in [6, 6.07) is 28.6. The van der Waals surface area contributed by atoms with Gasteiger partial charge in [0.15, 0.2) is 0 Å². The molecule has 0 amide bonds. The van der Waals surface area contributed by atoms with Gasteiger partial charge in [0.1, 0.15) is 6.20 Å². The van der Waals surface area contributed by atoms with Gasteiger partial charge in [-0.2, -0.15) is 0 Å².